The van der Waals surface area contributed by atoms with Gasteiger partial charge in [-0.3, -0.25) is 9.59 Å². The van der Waals surface area contributed by atoms with Crippen LogP contribution in [0.5, 0.6) is 0 Å². The summed E-state index contributed by atoms with van der Waals surface area (Å²) in [5.74, 6) is 0.742. The van der Waals surface area contributed by atoms with E-state index in [1.807, 2.05) is 54.6 Å². The van der Waals surface area contributed by atoms with Gasteiger partial charge in [-0.05, 0) is 42.2 Å². The van der Waals surface area contributed by atoms with Crippen molar-refractivity contribution in [2.45, 2.75) is 51.1 Å². The predicted molar refractivity (Wildman–Crippen MR) is 150 cm³/mol. The molecule has 3 aromatic carbocycles. The molecule has 0 fully saturated rings. The predicted octanol–water partition coefficient (Wildman–Crippen LogP) is 6.54. The summed E-state index contributed by atoms with van der Waals surface area (Å²) in [6, 6.07) is 25.0. The van der Waals surface area contributed by atoms with Crippen LogP contribution in [0.2, 0.25) is 5.02 Å². The van der Waals surface area contributed by atoms with Crippen LogP contribution in [-0.2, 0) is 22.6 Å². The van der Waals surface area contributed by atoms with Crippen LogP contribution in [0.25, 0.3) is 0 Å². The summed E-state index contributed by atoms with van der Waals surface area (Å²) in [5.41, 5.74) is 3.04. The number of aryl methyl sites for hydroxylation is 1. The smallest absolute Gasteiger partial charge is 0.243 e. The monoisotopic (exact) mass is 522 g/mol. The van der Waals surface area contributed by atoms with Crippen molar-refractivity contribution in [3.05, 3.63) is 101 Å². The third-order valence-corrected chi connectivity index (χ3v) is 7.24. The number of hydrogen-bond acceptors (Lipinski definition) is 3. The molecule has 36 heavy (non-hydrogen) atoms. The SMILES string of the molecule is Cc1ccc(SCCC(=O)N(Cc2ccccc2Cl)C(Cc2ccccc2)C(=O)NCC(C)C)cc1. The summed E-state index contributed by atoms with van der Waals surface area (Å²) < 4.78 is 0. The molecule has 1 atom stereocenters. The van der Waals surface area contributed by atoms with E-state index in [2.05, 4.69) is 50.4 Å². The number of carbonyl (C=O) groups excluding carboxylic acids is 2. The highest BCUT2D eigenvalue weighted by atomic mass is 35.5. The number of thioether (sulfide) groups is 1. The van der Waals surface area contributed by atoms with Gasteiger partial charge in [0.2, 0.25) is 11.8 Å². The van der Waals surface area contributed by atoms with E-state index >= 15 is 0 Å². The van der Waals surface area contributed by atoms with Gasteiger partial charge in [-0.15, -0.1) is 11.8 Å². The molecule has 190 valence electrons. The Morgan fingerprint density at radius 2 is 1.61 bits per heavy atom. The average molecular weight is 523 g/mol. The number of rotatable bonds is 12. The first kappa shape index (κ1) is 27.8. The Kier molecular flexibility index (Phi) is 10.9. The molecule has 3 aromatic rings. The fourth-order valence-corrected chi connectivity index (χ4v) is 4.86. The fraction of sp³-hybridized carbons (Fsp3) is 0.333. The van der Waals surface area contributed by atoms with Crippen LogP contribution >= 0.6 is 23.4 Å². The van der Waals surface area contributed by atoms with Crippen LogP contribution in [-0.4, -0.2) is 35.1 Å². The highest BCUT2D eigenvalue weighted by Gasteiger charge is 2.30. The first-order valence-electron chi connectivity index (χ1n) is 12.4. The standard InChI is InChI=1S/C30H35ClN2O2S/c1-22(2)20-32-30(35)28(19-24-9-5-4-6-10-24)33(21-25-11-7-8-12-27(25)31)29(34)17-18-36-26-15-13-23(3)14-16-26/h4-16,22,28H,17-21H2,1-3H3,(H,32,35). The van der Waals surface area contributed by atoms with Gasteiger partial charge in [0.25, 0.3) is 0 Å². The van der Waals surface area contributed by atoms with E-state index < -0.39 is 6.04 Å². The lowest BCUT2D eigenvalue weighted by atomic mass is 10.0. The van der Waals surface area contributed by atoms with Crippen molar-refractivity contribution in [1.82, 2.24) is 10.2 Å². The zero-order valence-corrected chi connectivity index (χ0v) is 22.8. The second-order valence-electron chi connectivity index (χ2n) is 9.37. The first-order chi connectivity index (χ1) is 17.3. The lowest BCUT2D eigenvalue weighted by Crippen LogP contribution is -2.51. The zero-order valence-electron chi connectivity index (χ0n) is 21.2. The second-order valence-corrected chi connectivity index (χ2v) is 10.9. The van der Waals surface area contributed by atoms with Crippen LogP contribution in [0.15, 0.2) is 83.8 Å². The lowest BCUT2D eigenvalue weighted by Gasteiger charge is -2.32. The summed E-state index contributed by atoms with van der Waals surface area (Å²) in [5, 5.41) is 3.64. The lowest BCUT2D eigenvalue weighted by molar-refractivity contribution is -0.141. The molecular formula is C30H35ClN2O2S. The normalized spacial score (nSPS) is 11.8. The van der Waals surface area contributed by atoms with Gasteiger partial charge in [-0.25, -0.2) is 0 Å². The van der Waals surface area contributed by atoms with Crippen molar-refractivity contribution in [3.8, 4) is 0 Å². The molecule has 2 amide bonds. The molecule has 3 rings (SSSR count). The van der Waals surface area contributed by atoms with Crippen molar-refractivity contribution in [2.24, 2.45) is 5.92 Å². The van der Waals surface area contributed by atoms with Gasteiger partial charge in [0.15, 0.2) is 0 Å². The number of nitrogens with one attached hydrogen (secondary N) is 1. The fourth-order valence-electron chi connectivity index (χ4n) is 3.82. The third kappa shape index (κ3) is 8.72. The Bertz CT molecular complexity index is 1120. The maximum atomic E-state index is 13.7. The molecule has 4 nitrogen and oxygen atoms in total. The minimum atomic E-state index is -0.640. The minimum Gasteiger partial charge on any atom is -0.354 e. The number of carbonyl (C=O) groups is 2. The maximum Gasteiger partial charge on any atom is 0.243 e. The molecular weight excluding hydrogens is 488 g/mol. The molecule has 0 aliphatic heterocycles. The molecule has 0 aliphatic carbocycles. The average Bonchev–Trinajstić information content (AvgIpc) is 2.87. The number of nitrogens with zero attached hydrogens (tertiary/aromatic N) is 1. The summed E-state index contributed by atoms with van der Waals surface area (Å²) >= 11 is 8.12. The highest BCUT2D eigenvalue weighted by molar-refractivity contribution is 7.99. The molecule has 0 saturated carbocycles. The number of halogens is 1. The number of hydrogen-bond donors (Lipinski definition) is 1. The minimum absolute atomic E-state index is 0.0600. The van der Waals surface area contributed by atoms with Crippen molar-refractivity contribution in [3.63, 3.8) is 0 Å². The first-order valence-corrected chi connectivity index (χ1v) is 13.7. The van der Waals surface area contributed by atoms with Crippen molar-refractivity contribution in [1.29, 1.82) is 0 Å². The van der Waals surface area contributed by atoms with E-state index in [0.717, 1.165) is 16.0 Å². The molecule has 0 spiro atoms. The third-order valence-electron chi connectivity index (χ3n) is 5.86. The summed E-state index contributed by atoms with van der Waals surface area (Å²) in [4.78, 5) is 30.0. The Labute approximate surface area is 224 Å². The van der Waals surface area contributed by atoms with Crippen molar-refractivity contribution in [2.75, 3.05) is 12.3 Å². The van der Waals surface area contributed by atoms with Crippen molar-refractivity contribution >= 4 is 35.2 Å². The van der Waals surface area contributed by atoms with Crippen LogP contribution in [0, 0.1) is 12.8 Å². The number of benzene rings is 3. The zero-order chi connectivity index (χ0) is 25.9. The molecule has 1 unspecified atom stereocenters. The molecule has 0 radical (unpaired) electrons. The van der Waals surface area contributed by atoms with E-state index in [9.17, 15) is 9.59 Å². The largest absolute Gasteiger partial charge is 0.354 e. The van der Waals surface area contributed by atoms with E-state index in [1.54, 1.807) is 16.7 Å². The van der Waals surface area contributed by atoms with E-state index in [4.69, 9.17) is 11.6 Å². The highest BCUT2D eigenvalue weighted by Crippen LogP contribution is 2.23. The molecule has 0 heterocycles. The van der Waals surface area contributed by atoms with Gasteiger partial charge in [-0.2, -0.15) is 0 Å². The maximum absolute atomic E-state index is 13.7. The van der Waals surface area contributed by atoms with Crippen LogP contribution in [0.4, 0.5) is 0 Å². The summed E-state index contributed by atoms with van der Waals surface area (Å²) in [7, 11) is 0. The van der Waals surface area contributed by atoms with Gasteiger partial charge in [0.1, 0.15) is 6.04 Å². The van der Waals surface area contributed by atoms with Gasteiger partial charge >= 0.3 is 0 Å². The Hall–Kier alpha value is -2.76. The molecule has 0 aliphatic rings. The summed E-state index contributed by atoms with van der Waals surface area (Å²) in [6.45, 7) is 7.01. The van der Waals surface area contributed by atoms with E-state index in [0.29, 0.717) is 36.1 Å². The Morgan fingerprint density at radius 3 is 2.28 bits per heavy atom. The van der Waals surface area contributed by atoms with Gasteiger partial charge in [0.05, 0.1) is 0 Å². The topological polar surface area (TPSA) is 49.4 Å². The number of amides is 2. The van der Waals surface area contributed by atoms with Crippen LogP contribution in [0.1, 0.15) is 37.0 Å². The van der Waals surface area contributed by atoms with Crippen molar-refractivity contribution < 1.29 is 9.59 Å². The quantitative estimate of drug-likeness (QED) is 0.275. The Morgan fingerprint density at radius 1 is 0.944 bits per heavy atom. The van der Waals surface area contributed by atoms with Gasteiger partial charge in [-0.1, -0.05) is 91.7 Å². The molecule has 0 aromatic heterocycles. The van der Waals surface area contributed by atoms with Crippen LogP contribution in [0.3, 0.4) is 0 Å². The molecule has 0 bridgehead atoms. The molecule has 0 saturated heterocycles. The van der Waals surface area contributed by atoms with Crippen LogP contribution < -0.4 is 5.32 Å². The molecule has 6 heteroatoms. The molecule has 1 N–H and O–H groups in total. The van der Waals surface area contributed by atoms with E-state index in [1.165, 1.54) is 5.56 Å². The Balaban J connectivity index is 1.84. The second kappa shape index (κ2) is 14.1. The summed E-state index contributed by atoms with van der Waals surface area (Å²) in [6.07, 6.45) is 0.762. The van der Waals surface area contributed by atoms with Gasteiger partial charge < -0.3 is 10.2 Å². The van der Waals surface area contributed by atoms with E-state index in [-0.39, 0.29) is 18.4 Å². The van der Waals surface area contributed by atoms with Gasteiger partial charge in [0, 0.05) is 41.6 Å².